The van der Waals surface area contributed by atoms with Gasteiger partial charge < -0.3 is 10.4 Å². The molecule has 19 heavy (non-hydrogen) atoms. The number of rotatable bonds is 4. The number of nitrogens with one attached hydrogen (secondary N) is 1. The Hall–Kier alpha value is -1.78. The maximum atomic E-state index is 10.7. The van der Waals surface area contributed by atoms with Crippen LogP contribution in [0.2, 0.25) is 10.0 Å². The van der Waals surface area contributed by atoms with E-state index in [9.17, 15) is 4.79 Å². The fourth-order valence-corrected chi connectivity index (χ4v) is 1.96. The summed E-state index contributed by atoms with van der Waals surface area (Å²) in [5, 5.41) is 12.8. The number of nitrogens with zero attached hydrogens (tertiary/aromatic N) is 1. The Labute approximate surface area is 120 Å². The molecule has 0 bridgehead atoms. The molecule has 0 spiro atoms. The lowest BCUT2D eigenvalue weighted by Crippen LogP contribution is -2.04. The average molecular weight is 297 g/mol. The number of hydrogen-bond donors (Lipinski definition) is 2. The Bertz CT molecular complexity index is 617. The second-order valence-electron chi connectivity index (χ2n) is 3.84. The summed E-state index contributed by atoms with van der Waals surface area (Å²) in [5.41, 5.74) is 1.03. The van der Waals surface area contributed by atoms with Gasteiger partial charge in [0.1, 0.15) is 5.82 Å². The van der Waals surface area contributed by atoms with E-state index in [1.165, 1.54) is 12.3 Å². The summed E-state index contributed by atoms with van der Waals surface area (Å²) in [6.45, 7) is 0.500. The van der Waals surface area contributed by atoms with Crippen LogP contribution in [0.15, 0.2) is 36.5 Å². The molecule has 2 N–H and O–H groups in total. The van der Waals surface area contributed by atoms with E-state index in [0.29, 0.717) is 17.4 Å². The number of carboxylic acid groups (broad SMARTS) is 1. The normalized spacial score (nSPS) is 10.2. The van der Waals surface area contributed by atoms with Crippen molar-refractivity contribution in [3.8, 4) is 0 Å². The molecular formula is C13H10Cl2N2O2. The maximum Gasteiger partial charge on any atom is 0.337 e. The van der Waals surface area contributed by atoms with Gasteiger partial charge in [-0.1, -0.05) is 35.3 Å². The lowest BCUT2D eigenvalue weighted by atomic mass is 10.2. The van der Waals surface area contributed by atoms with E-state index in [1.54, 1.807) is 6.07 Å². The highest BCUT2D eigenvalue weighted by molar-refractivity contribution is 6.33. The largest absolute Gasteiger partial charge is 0.478 e. The highest BCUT2D eigenvalue weighted by Gasteiger charge is 2.08. The molecule has 0 aliphatic carbocycles. The van der Waals surface area contributed by atoms with Crippen LogP contribution in [0.5, 0.6) is 0 Å². The Morgan fingerprint density at radius 1 is 1.32 bits per heavy atom. The van der Waals surface area contributed by atoms with Crippen molar-refractivity contribution < 1.29 is 9.90 Å². The number of carbonyl (C=O) groups is 1. The second kappa shape index (κ2) is 5.91. The molecule has 1 aromatic heterocycles. The summed E-state index contributed by atoms with van der Waals surface area (Å²) in [6.07, 6.45) is 1.26. The molecule has 0 saturated carbocycles. The molecule has 6 heteroatoms. The molecule has 0 atom stereocenters. The highest BCUT2D eigenvalue weighted by Crippen LogP contribution is 2.21. The number of carboxylic acids is 1. The first-order valence-corrected chi connectivity index (χ1v) is 6.19. The molecule has 0 aliphatic heterocycles. The Morgan fingerprint density at radius 2 is 2.11 bits per heavy atom. The van der Waals surface area contributed by atoms with Crippen LogP contribution < -0.4 is 5.32 Å². The van der Waals surface area contributed by atoms with Gasteiger partial charge >= 0.3 is 5.97 Å². The summed E-state index contributed by atoms with van der Waals surface area (Å²) < 4.78 is 0. The van der Waals surface area contributed by atoms with Crippen molar-refractivity contribution in [3.63, 3.8) is 0 Å². The third-order valence-electron chi connectivity index (χ3n) is 2.44. The third kappa shape index (κ3) is 3.59. The van der Waals surface area contributed by atoms with Gasteiger partial charge in [0.15, 0.2) is 0 Å². The summed E-state index contributed by atoms with van der Waals surface area (Å²) in [6, 6.07) is 8.74. The molecule has 0 amide bonds. The SMILES string of the molecule is O=C(O)c1cnc(NCc2cccc(Cl)c2)c(Cl)c1. The van der Waals surface area contributed by atoms with Crippen LogP contribution in [-0.4, -0.2) is 16.1 Å². The van der Waals surface area contributed by atoms with Crippen LogP contribution in [0, 0.1) is 0 Å². The zero-order valence-corrected chi connectivity index (χ0v) is 11.2. The number of halogens is 2. The smallest absolute Gasteiger partial charge is 0.337 e. The Balaban J connectivity index is 2.10. The molecule has 1 heterocycles. The number of hydrogen-bond acceptors (Lipinski definition) is 3. The van der Waals surface area contributed by atoms with Gasteiger partial charge in [0.25, 0.3) is 0 Å². The van der Waals surface area contributed by atoms with Crippen LogP contribution in [0.4, 0.5) is 5.82 Å². The Kier molecular flexibility index (Phi) is 4.24. The van der Waals surface area contributed by atoms with E-state index in [-0.39, 0.29) is 10.6 Å². The van der Waals surface area contributed by atoms with Crippen LogP contribution in [-0.2, 0) is 6.54 Å². The molecule has 2 rings (SSSR count). The Morgan fingerprint density at radius 3 is 2.74 bits per heavy atom. The van der Waals surface area contributed by atoms with Crippen LogP contribution in [0.3, 0.4) is 0 Å². The van der Waals surface area contributed by atoms with Gasteiger partial charge in [0, 0.05) is 17.8 Å². The molecule has 0 fully saturated rings. The predicted molar refractivity (Wildman–Crippen MR) is 75.0 cm³/mol. The lowest BCUT2D eigenvalue weighted by molar-refractivity contribution is 0.0696. The van der Waals surface area contributed by atoms with Gasteiger partial charge in [-0.3, -0.25) is 0 Å². The molecule has 98 valence electrons. The summed E-state index contributed by atoms with van der Waals surface area (Å²) in [7, 11) is 0. The minimum absolute atomic E-state index is 0.0540. The van der Waals surface area contributed by atoms with E-state index < -0.39 is 5.97 Å². The number of aromatic nitrogens is 1. The molecule has 0 radical (unpaired) electrons. The van der Waals surface area contributed by atoms with Gasteiger partial charge in [-0.2, -0.15) is 0 Å². The minimum atomic E-state index is -1.06. The van der Waals surface area contributed by atoms with E-state index in [0.717, 1.165) is 5.56 Å². The van der Waals surface area contributed by atoms with Gasteiger partial charge in [-0.05, 0) is 23.8 Å². The quantitative estimate of drug-likeness (QED) is 0.903. The van der Waals surface area contributed by atoms with E-state index in [4.69, 9.17) is 28.3 Å². The molecular weight excluding hydrogens is 287 g/mol. The van der Waals surface area contributed by atoms with Gasteiger partial charge in [0.05, 0.1) is 10.6 Å². The molecule has 1 aromatic carbocycles. The number of anilines is 1. The fraction of sp³-hybridized carbons (Fsp3) is 0.0769. The zero-order chi connectivity index (χ0) is 13.8. The van der Waals surface area contributed by atoms with Crippen LogP contribution >= 0.6 is 23.2 Å². The summed E-state index contributed by atoms with van der Waals surface area (Å²) in [4.78, 5) is 14.7. The van der Waals surface area contributed by atoms with Gasteiger partial charge in [-0.15, -0.1) is 0 Å². The van der Waals surface area contributed by atoms with Crippen molar-refractivity contribution in [2.24, 2.45) is 0 Å². The van der Waals surface area contributed by atoms with Crippen molar-refractivity contribution in [2.75, 3.05) is 5.32 Å². The highest BCUT2D eigenvalue weighted by atomic mass is 35.5. The monoisotopic (exact) mass is 296 g/mol. The zero-order valence-electron chi connectivity index (χ0n) is 9.73. The first-order valence-electron chi connectivity index (χ1n) is 5.43. The number of aromatic carboxylic acids is 1. The summed E-state index contributed by atoms with van der Waals surface area (Å²) >= 11 is 11.8. The fourth-order valence-electron chi connectivity index (χ4n) is 1.52. The van der Waals surface area contributed by atoms with E-state index in [2.05, 4.69) is 10.3 Å². The molecule has 0 saturated heterocycles. The van der Waals surface area contributed by atoms with Gasteiger partial charge in [-0.25, -0.2) is 9.78 Å². The first-order chi connectivity index (χ1) is 9.06. The first kappa shape index (κ1) is 13.6. The number of pyridine rings is 1. The van der Waals surface area contributed by atoms with E-state index >= 15 is 0 Å². The van der Waals surface area contributed by atoms with Crippen molar-refractivity contribution in [3.05, 3.63) is 57.7 Å². The van der Waals surface area contributed by atoms with Crippen molar-refractivity contribution >= 4 is 35.0 Å². The van der Waals surface area contributed by atoms with Gasteiger partial charge in [0.2, 0.25) is 0 Å². The standard InChI is InChI=1S/C13H10Cl2N2O2/c14-10-3-1-2-8(4-10)6-16-12-11(15)5-9(7-17-12)13(18)19/h1-5,7H,6H2,(H,16,17)(H,18,19). The maximum absolute atomic E-state index is 10.7. The van der Waals surface area contributed by atoms with Crippen molar-refractivity contribution in [1.29, 1.82) is 0 Å². The van der Waals surface area contributed by atoms with Crippen molar-refractivity contribution in [2.45, 2.75) is 6.54 Å². The van der Waals surface area contributed by atoms with Crippen molar-refractivity contribution in [1.82, 2.24) is 4.98 Å². The molecule has 0 unspecified atom stereocenters. The molecule has 0 aliphatic rings. The van der Waals surface area contributed by atoms with E-state index in [1.807, 2.05) is 18.2 Å². The van der Waals surface area contributed by atoms with Crippen LogP contribution in [0.1, 0.15) is 15.9 Å². The average Bonchev–Trinajstić information content (AvgIpc) is 2.37. The second-order valence-corrected chi connectivity index (χ2v) is 4.69. The molecule has 4 nitrogen and oxygen atoms in total. The lowest BCUT2D eigenvalue weighted by Gasteiger charge is -2.08. The number of benzene rings is 1. The molecule has 2 aromatic rings. The predicted octanol–water partition coefficient (Wildman–Crippen LogP) is 3.70. The minimum Gasteiger partial charge on any atom is -0.478 e. The topological polar surface area (TPSA) is 62.2 Å². The summed E-state index contributed by atoms with van der Waals surface area (Å²) in [5.74, 6) is -0.623. The van der Waals surface area contributed by atoms with Crippen LogP contribution in [0.25, 0.3) is 0 Å². The third-order valence-corrected chi connectivity index (χ3v) is 2.96.